The Balaban J connectivity index is 2.19. The largest absolute Gasteiger partial charge is 0.480 e. The number of hydrogen-bond acceptors (Lipinski definition) is 4. The van der Waals surface area contributed by atoms with E-state index in [-0.39, 0.29) is 11.5 Å². The molecule has 26 heavy (non-hydrogen) atoms. The normalized spacial score (nSPS) is 12.4. The number of rotatable bonds is 8. The minimum Gasteiger partial charge on any atom is -0.480 e. The highest BCUT2D eigenvalue weighted by Gasteiger charge is 2.18. The van der Waals surface area contributed by atoms with Crippen LogP contribution in [0, 0.1) is 6.92 Å². The van der Waals surface area contributed by atoms with E-state index in [0.29, 0.717) is 24.3 Å². The first-order valence-corrected chi connectivity index (χ1v) is 9.12. The third kappa shape index (κ3) is 5.08. The molecule has 0 saturated carbocycles. The Bertz CT molecular complexity index is 826. The number of benzene rings is 1. The number of nitrogens with one attached hydrogen (secondary N) is 2. The molecule has 0 bridgehead atoms. The van der Waals surface area contributed by atoms with Crippen LogP contribution in [0.4, 0.5) is 0 Å². The number of carbonyl (C=O) groups is 1. The van der Waals surface area contributed by atoms with Crippen molar-refractivity contribution in [3.63, 3.8) is 0 Å². The van der Waals surface area contributed by atoms with Gasteiger partial charge in [-0.1, -0.05) is 6.92 Å². The molecule has 0 saturated heterocycles. The topological polar surface area (TPSA) is 73.0 Å². The van der Waals surface area contributed by atoms with Gasteiger partial charge >= 0.3 is 5.63 Å². The highest BCUT2D eigenvalue weighted by molar-refractivity contribution is 5.88. The van der Waals surface area contributed by atoms with Gasteiger partial charge < -0.3 is 19.4 Å². The molecule has 0 radical (unpaired) electrons. The van der Waals surface area contributed by atoms with E-state index in [1.165, 1.54) is 11.0 Å². The van der Waals surface area contributed by atoms with Crippen molar-refractivity contribution in [2.45, 2.75) is 39.7 Å². The van der Waals surface area contributed by atoms with Crippen molar-refractivity contribution in [3.05, 3.63) is 39.7 Å². The van der Waals surface area contributed by atoms with Gasteiger partial charge in [0.15, 0.2) is 6.10 Å². The molecule has 2 N–H and O–H groups in total. The summed E-state index contributed by atoms with van der Waals surface area (Å²) in [5.74, 6) is 0.421. The molecule has 2 rings (SSSR count). The Morgan fingerprint density at radius 3 is 2.69 bits per heavy atom. The average molecular weight is 361 g/mol. The lowest BCUT2D eigenvalue weighted by molar-refractivity contribution is -0.858. The van der Waals surface area contributed by atoms with Gasteiger partial charge in [0, 0.05) is 19.0 Å². The second kappa shape index (κ2) is 8.85. The fourth-order valence-electron chi connectivity index (χ4n) is 2.88. The molecule has 1 atom stereocenters. The van der Waals surface area contributed by atoms with Gasteiger partial charge in [-0.25, -0.2) is 4.79 Å². The van der Waals surface area contributed by atoms with Gasteiger partial charge in [-0.05, 0) is 43.5 Å². The summed E-state index contributed by atoms with van der Waals surface area (Å²) in [6.45, 7) is 7.23. The summed E-state index contributed by atoms with van der Waals surface area (Å²) >= 11 is 0. The number of amides is 1. The fraction of sp³-hybridized carbons (Fsp3) is 0.500. The van der Waals surface area contributed by atoms with Crippen LogP contribution in [0.15, 0.2) is 27.4 Å². The third-order valence-electron chi connectivity index (χ3n) is 4.24. The zero-order valence-electron chi connectivity index (χ0n) is 16.3. The number of quaternary nitrogens is 1. The number of fused-ring (bicyclic) bond motifs is 1. The Labute approximate surface area is 154 Å². The van der Waals surface area contributed by atoms with E-state index in [4.69, 9.17) is 9.15 Å². The van der Waals surface area contributed by atoms with Crippen molar-refractivity contribution in [1.29, 1.82) is 0 Å². The monoisotopic (exact) mass is 361 g/mol. The lowest BCUT2D eigenvalue weighted by Gasteiger charge is -2.18. The lowest BCUT2D eigenvalue weighted by atomic mass is 10.0. The van der Waals surface area contributed by atoms with E-state index in [0.717, 1.165) is 29.5 Å². The maximum absolute atomic E-state index is 12.3. The Morgan fingerprint density at radius 2 is 2.04 bits per heavy atom. The van der Waals surface area contributed by atoms with Crippen LogP contribution < -0.4 is 20.6 Å². The van der Waals surface area contributed by atoms with Crippen LogP contribution >= 0.6 is 0 Å². The second-order valence-corrected chi connectivity index (χ2v) is 6.94. The maximum atomic E-state index is 12.3. The van der Waals surface area contributed by atoms with Crippen molar-refractivity contribution >= 4 is 16.9 Å². The third-order valence-corrected chi connectivity index (χ3v) is 4.24. The van der Waals surface area contributed by atoms with Crippen LogP contribution in [0.1, 0.15) is 31.4 Å². The smallest absolute Gasteiger partial charge is 0.336 e. The van der Waals surface area contributed by atoms with Gasteiger partial charge in [0.1, 0.15) is 11.3 Å². The van der Waals surface area contributed by atoms with Crippen molar-refractivity contribution < 1.29 is 18.8 Å². The van der Waals surface area contributed by atoms with E-state index in [1.54, 1.807) is 6.92 Å². The SMILES string of the molecule is CCc1cc(=O)oc2cc(C)cc(O[C@@H](C)C(=O)NCCC[NH+](C)C)c12. The predicted molar refractivity (Wildman–Crippen MR) is 102 cm³/mol. The number of hydrogen-bond donors (Lipinski definition) is 2. The molecular weight excluding hydrogens is 332 g/mol. The molecule has 1 aromatic carbocycles. The Kier molecular flexibility index (Phi) is 6.80. The van der Waals surface area contributed by atoms with Crippen LogP contribution in [0.2, 0.25) is 0 Å². The molecular formula is C20H29N2O4+. The zero-order valence-corrected chi connectivity index (χ0v) is 16.3. The van der Waals surface area contributed by atoms with Crippen LogP contribution in [-0.4, -0.2) is 39.2 Å². The van der Waals surface area contributed by atoms with Crippen LogP contribution in [0.25, 0.3) is 11.0 Å². The summed E-state index contributed by atoms with van der Waals surface area (Å²) in [6, 6.07) is 5.18. The first-order valence-electron chi connectivity index (χ1n) is 9.12. The zero-order chi connectivity index (χ0) is 19.3. The molecule has 0 spiro atoms. The predicted octanol–water partition coefficient (Wildman–Crippen LogP) is 1.08. The molecule has 1 aromatic heterocycles. The van der Waals surface area contributed by atoms with E-state index in [9.17, 15) is 9.59 Å². The molecule has 1 heterocycles. The van der Waals surface area contributed by atoms with E-state index < -0.39 is 6.10 Å². The lowest BCUT2D eigenvalue weighted by Crippen LogP contribution is -3.05. The number of carbonyl (C=O) groups excluding carboxylic acids is 1. The van der Waals surface area contributed by atoms with E-state index >= 15 is 0 Å². The van der Waals surface area contributed by atoms with E-state index in [1.807, 2.05) is 26.0 Å². The molecule has 0 aliphatic rings. The molecule has 1 amide bonds. The van der Waals surface area contributed by atoms with E-state index in [2.05, 4.69) is 19.4 Å². The number of ether oxygens (including phenoxy) is 1. The quantitative estimate of drug-likeness (QED) is 0.545. The average Bonchev–Trinajstić information content (AvgIpc) is 2.56. The summed E-state index contributed by atoms with van der Waals surface area (Å²) in [6.07, 6.45) is 0.956. The molecule has 0 unspecified atom stereocenters. The standard InChI is InChI=1S/C20H28N2O4/c1-6-15-12-18(23)26-17-11-13(2)10-16(19(15)17)25-14(3)20(24)21-8-7-9-22(4)5/h10-12,14H,6-9H2,1-5H3,(H,21,24)/p+1/t14-/m0/s1. The van der Waals surface area contributed by atoms with Gasteiger partial charge in [0.2, 0.25) is 0 Å². The molecule has 0 fully saturated rings. The maximum Gasteiger partial charge on any atom is 0.336 e. The number of aryl methyl sites for hydroxylation is 2. The first-order chi connectivity index (χ1) is 12.3. The van der Waals surface area contributed by atoms with Gasteiger partial charge in [-0.15, -0.1) is 0 Å². The van der Waals surface area contributed by atoms with Gasteiger partial charge in [0.25, 0.3) is 5.91 Å². The Hall–Kier alpha value is -2.34. The second-order valence-electron chi connectivity index (χ2n) is 6.94. The summed E-state index contributed by atoms with van der Waals surface area (Å²) in [5, 5.41) is 3.67. The molecule has 0 aliphatic heterocycles. The van der Waals surface area contributed by atoms with Crippen LogP contribution in [0.5, 0.6) is 5.75 Å². The highest BCUT2D eigenvalue weighted by atomic mass is 16.5. The Morgan fingerprint density at radius 1 is 1.31 bits per heavy atom. The molecule has 6 heteroatoms. The van der Waals surface area contributed by atoms with Crippen LogP contribution in [0.3, 0.4) is 0 Å². The van der Waals surface area contributed by atoms with Crippen molar-refractivity contribution in [1.82, 2.24) is 5.32 Å². The summed E-state index contributed by atoms with van der Waals surface area (Å²) in [4.78, 5) is 25.4. The summed E-state index contributed by atoms with van der Waals surface area (Å²) < 4.78 is 11.3. The molecule has 2 aromatic rings. The first kappa shape index (κ1) is 20.0. The van der Waals surface area contributed by atoms with Crippen molar-refractivity contribution in [2.75, 3.05) is 27.2 Å². The van der Waals surface area contributed by atoms with Gasteiger partial charge in [0.05, 0.1) is 26.0 Å². The van der Waals surface area contributed by atoms with Crippen LogP contribution in [-0.2, 0) is 11.2 Å². The summed E-state index contributed by atoms with van der Waals surface area (Å²) in [7, 11) is 4.17. The summed E-state index contributed by atoms with van der Waals surface area (Å²) in [5.41, 5.74) is 1.88. The van der Waals surface area contributed by atoms with Crippen molar-refractivity contribution in [2.24, 2.45) is 0 Å². The van der Waals surface area contributed by atoms with Gasteiger partial charge in [-0.3, -0.25) is 4.79 Å². The minimum absolute atomic E-state index is 0.149. The molecule has 6 nitrogen and oxygen atoms in total. The fourth-order valence-corrected chi connectivity index (χ4v) is 2.88. The van der Waals surface area contributed by atoms with Crippen molar-refractivity contribution in [3.8, 4) is 5.75 Å². The molecule has 142 valence electrons. The molecule has 0 aliphatic carbocycles. The highest BCUT2D eigenvalue weighted by Crippen LogP contribution is 2.30. The minimum atomic E-state index is -0.636. The van der Waals surface area contributed by atoms with Gasteiger partial charge in [-0.2, -0.15) is 0 Å².